The quantitative estimate of drug-likeness (QED) is 0.771. The second-order valence-electron chi connectivity index (χ2n) is 6.23. The molecule has 2 bridgehead atoms. The van der Waals surface area contributed by atoms with Gasteiger partial charge in [-0.15, -0.1) is 0 Å². The highest BCUT2D eigenvalue weighted by Crippen LogP contribution is 2.59. The maximum absolute atomic E-state index is 12.9. The number of anilines is 1. The van der Waals surface area contributed by atoms with Crippen molar-refractivity contribution in [1.29, 1.82) is 0 Å². The van der Waals surface area contributed by atoms with Gasteiger partial charge in [-0.2, -0.15) is 0 Å². The van der Waals surface area contributed by atoms with Gasteiger partial charge in [0.15, 0.2) is 0 Å². The van der Waals surface area contributed by atoms with Crippen LogP contribution in [0.15, 0.2) is 28.7 Å². The van der Waals surface area contributed by atoms with Gasteiger partial charge in [-0.3, -0.25) is 9.59 Å². The number of halogens is 1. The molecule has 2 saturated carbocycles. The van der Waals surface area contributed by atoms with Crippen molar-refractivity contribution in [3.05, 3.63) is 28.7 Å². The molecule has 1 aromatic rings. The molecule has 1 aliphatic heterocycles. The topological polar surface area (TPSA) is 46.6 Å². The predicted molar refractivity (Wildman–Crippen MR) is 80.6 cm³/mol. The summed E-state index contributed by atoms with van der Waals surface area (Å²) in [6.07, 6.45) is 1.89. The first-order chi connectivity index (χ1) is 10.1. The molecule has 110 valence electrons. The first kappa shape index (κ1) is 13.3. The van der Waals surface area contributed by atoms with Gasteiger partial charge >= 0.3 is 5.97 Å². The SMILES string of the molecule is COC(=O)[C@H]1[C@@H]2C[C@@H]3[C@H]1C(=O)N(c1cccc(Br)c1)[C@@H]3C2. The molecule has 3 fully saturated rings. The van der Waals surface area contributed by atoms with Crippen LogP contribution in [0.25, 0.3) is 0 Å². The Kier molecular flexibility index (Phi) is 2.89. The van der Waals surface area contributed by atoms with Crippen molar-refractivity contribution in [1.82, 2.24) is 0 Å². The number of methoxy groups -OCH3 is 1. The molecular formula is C16H16BrNO3. The summed E-state index contributed by atoms with van der Waals surface area (Å²) in [5.74, 6) is 0.0825. The lowest BCUT2D eigenvalue weighted by Gasteiger charge is -2.26. The van der Waals surface area contributed by atoms with Crippen molar-refractivity contribution in [3.8, 4) is 0 Å². The molecule has 3 aliphatic rings. The van der Waals surface area contributed by atoms with E-state index in [2.05, 4.69) is 15.9 Å². The molecule has 0 N–H and O–H groups in total. The zero-order valence-corrected chi connectivity index (χ0v) is 13.2. The zero-order valence-electron chi connectivity index (χ0n) is 11.7. The third kappa shape index (κ3) is 1.73. The molecule has 1 heterocycles. The van der Waals surface area contributed by atoms with E-state index in [4.69, 9.17) is 4.74 Å². The Morgan fingerprint density at radius 1 is 1.38 bits per heavy atom. The van der Waals surface area contributed by atoms with E-state index in [0.717, 1.165) is 23.0 Å². The summed E-state index contributed by atoms with van der Waals surface area (Å²) < 4.78 is 5.89. The predicted octanol–water partition coefficient (Wildman–Crippen LogP) is 2.61. The third-order valence-corrected chi connectivity index (χ3v) is 5.88. The molecule has 1 aromatic carbocycles. The average molecular weight is 350 g/mol. The molecule has 21 heavy (non-hydrogen) atoms. The van der Waals surface area contributed by atoms with Crippen LogP contribution in [-0.2, 0) is 14.3 Å². The van der Waals surface area contributed by atoms with Crippen LogP contribution in [0.5, 0.6) is 0 Å². The van der Waals surface area contributed by atoms with Crippen LogP contribution in [0.2, 0.25) is 0 Å². The Labute approximate surface area is 131 Å². The Morgan fingerprint density at radius 2 is 2.19 bits per heavy atom. The van der Waals surface area contributed by atoms with Gasteiger partial charge < -0.3 is 9.64 Å². The van der Waals surface area contributed by atoms with Crippen molar-refractivity contribution in [2.24, 2.45) is 23.7 Å². The minimum absolute atomic E-state index is 0.0958. The molecule has 1 saturated heterocycles. The molecule has 0 spiro atoms. The van der Waals surface area contributed by atoms with Crippen molar-refractivity contribution >= 4 is 33.5 Å². The van der Waals surface area contributed by atoms with E-state index < -0.39 is 0 Å². The Bertz CT molecular complexity index is 632. The van der Waals surface area contributed by atoms with Gasteiger partial charge in [0.2, 0.25) is 5.91 Å². The van der Waals surface area contributed by atoms with E-state index in [9.17, 15) is 9.59 Å². The molecule has 2 aliphatic carbocycles. The van der Waals surface area contributed by atoms with Crippen LogP contribution in [0, 0.1) is 23.7 Å². The van der Waals surface area contributed by atoms with E-state index in [-0.39, 0.29) is 29.8 Å². The lowest BCUT2D eigenvalue weighted by Crippen LogP contribution is -2.33. The fourth-order valence-corrected chi connectivity index (χ4v) is 5.09. The average Bonchev–Trinajstić information content (AvgIpc) is 3.08. The number of carbonyl (C=O) groups is 2. The maximum Gasteiger partial charge on any atom is 0.309 e. The first-order valence-corrected chi connectivity index (χ1v) is 8.07. The molecular weight excluding hydrogens is 334 g/mol. The summed E-state index contributed by atoms with van der Waals surface area (Å²) in [5, 5.41) is 0. The number of ether oxygens (including phenoxy) is 1. The number of hydrogen-bond acceptors (Lipinski definition) is 3. The van der Waals surface area contributed by atoms with Crippen molar-refractivity contribution in [3.63, 3.8) is 0 Å². The van der Waals surface area contributed by atoms with Crippen LogP contribution in [0.4, 0.5) is 5.69 Å². The number of benzene rings is 1. The summed E-state index contributed by atoms with van der Waals surface area (Å²) in [7, 11) is 1.41. The Balaban J connectivity index is 1.72. The number of amides is 1. The van der Waals surface area contributed by atoms with E-state index in [0.29, 0.717) is 11.8 Å². The van der Waals surface area contributed by atoms with Crippen LogP contribution >= 0.6 is 15.9 Å². The highest BCUT2D eigenvalue weighted by molar-refractivity contribution is 9.10. The molecule has 5 atom stereocenters. The number of nitrogens with zero attached hydrogens (tertiary/aromatic N) is 1. The number of rotatable bonds is 2. The standard InChI is InChI=1S/C16H16BrNO3/c1-21-16(20)13-8-5-11-12(6-8)18(15(19)14(11)13)10-4-2-3-9(17)7-10/h2-4,7-8,11-14H,5-6H2,1H3/t8-,11+,12-,13+,14-/m1/s1. The summed E-state index contributed by atoms with van der Waals surface area (Å²) in [6.45, 7) is 0. The van der Waals surface area contributed by atoms with Crippen molar-refractivity contribution in [2.75, 3.05) is 12.0 Å². The smallest absolute Gasteiger partial charge is 0.309 e. The summed E-state index contributed by atoms with van der Waals surface area (Å²) >= 11 is 3.46. The largest absolute Gasteiger partial charge is 0.469 e. The monoisotopic (exact) mass is 349 g/mol. The molecule has 4 nitrogen and oxygen atoms in total. The molecule has 4 rings (SSSR count). The first-order valence-electron chi connectivity index (χ1n) is 7.28. The van der Waals surface area contributed by atoms with Crippen LogP contribution in [-0.4, -0.2) is 25.0 Å². The lowest BCUT2D eigenvalue weighted by molar-refractivity contribution is -0.150. The van der Waals surface area contributed by atoms with E-state index in [1.54, 1.807) is 0 Å². The van der Waals surface area contributed by atoms with Crippen LogP contribution in [0.1, 0.15) is 12.8 Å². The Morgan fingerprint density at radius 3 is 2.90 bits per heavy atom. The van der Waals surface area contributed by atoms with Gasteiger partial charge in [0.25, 0.3) is 0 Å². The Hall–Kier alpha value is -1.36. The lowest BCUT2D eigenvalue weighted by atomic mass is 9.80. The van der Waals surface area contributed by atoms with E-state index in [1.807, 2.05) is 29.2 Å². The van der Waals surface area contributed by atoms with Gasteiger partial charge in [-0.05, 0) is 42.9 Å². The highest BCUT2D eigenvalue weighted by Gasteiger charge is 2.65. The van der Waals surface area contributed by atoms with Crippen LogP contribution in [0.3, 0.4) is 0 Å². The van der Waals surface area contributed by atoms with Gasteiger partial charge in [0, 0.05) is 16.2 Å². The second kappa shape index (κ2) is 4.57. The molecule has 0 radical (unpaired) electrons. The van der Waals surface area contributed by atoms with Gasteiger partial charge in [-0.25, -0.2) is 0 Å². The number of fused-ring (bicyclic) bond motifs is 1. The molecule has 5 heteroatoms. The molecule has 0 aromatic heterocycles. The van der Waals surface area contributed by atoms with Crippen molar-refractivity contribution < 1.29 is 14.3 Å². The minimum atomic E-state index is -0.235. The maximum atomic E-state index is 12.9. The fourth-order valence-electron chi connectivity index (χ4n) is 4.70. The van der Waals surface area contributed by atoms with Gasteiger partial charge in [0.05, 0.1) is 18.9 Å². The molecule has 1 amide bonds. The number of hydrogen-bond donors (Lipinski definition) is 0. The van der Waals surface area contributed by atoms with Gasteiger partial charge in [0.1, 0.15) is 0 Å². The fraction of sp³-hybridized carbons (Fsp3) is 0.500. The van der Waals surface area contributed by atoms with E-state index in [1.165, 1.54) is 7.11 Å². The summed E-state index contributed by atoms with van der Waals surface area (Å²) in [5.41, 5.74) is 0.929. The van der Waals surface area contributed by atoms with Crippen LogP contribution < -0.4 is 4.90 Å². The number of carbonyl (C=O) groups excluding carboxylic acids is 2. The number of esters is 1. The minimum Gasteiger partial charge on any atom is -0.469 e. The molecule has 0 unspecified atom stereocenters. The zero-order chi connectivity index (χ0) is 14.7. The second-order valence-corrected chi connectivity index (χ2v) is 7.14. The normalized spacial score (nSPS) is 36.4. The summed E-state index contributed by atoms with van der Waals surface area (Å²) in [4.78, 5) is 26.8. The van der Waals surface area contributed by atoms with Gasteiger partial charge in [-0.1, -0.05) is 22.0 Å². The highest BCUT2D eigenvalue weighted by atomic mass is 79.9. The van der Waals surface area contributed by atoms with E-state index >= 15 is 0 Å². The summed E-state index contributed by atoms with van der Waals surface area (Å²) in [6, 6.07) is 8.09. The van der Waals surface area contributed by atoms with Crippen molar-refractivity contribution in [2.45, 2.75) is 18.9 Å². The third-order valence-electron chi connectivity index (χ3n) is 5.38.